The highest BCUT2D eigenvalue weighted by Crippen LogP contribution is 2.43. The minimum atomic E-state index is -0.294. The molecule has 3 aliphatic rings. The van der Waals surface area contributed by atoms with Crippen LogP contribution in [0.4, 0.5) is 28.8 Å². The summed E-state index contributed by atoms with van der Waals surface area (Å²) in [5, 5.41) is 8.49. The fourth-order valence-electron chi connectivity index (χ4n) is 7.11. The van der Waals surface area contributed by atoms with Gasteiger partial charge in [-0.1, -0.05) is 14.0 Å². The monoisotopic (exact) mass is 730 g/mol. The summed E-state index contributed by atoms with van der Waals surface area (Å²) >= 11 is 3.69. The molecule has 0 bridgehead atoms. The van der Waals surface area contributed by atoms with Crippen molar-refractivity contribution in [3.05, 3.63) is 65.0 Å². The third-order valence-electron chi connectivity index (χ3n) is 10.1. The first-order valence-corrected chi connectivity index (χ1v) is 20.2. The molecule has 1 aliphatic carbocycles. The number of benzene rings is 2. The number of likely N-dealkylation sites (N-methyl/N-ethyl adjacent to an activating group) is 1. The maximum Gasteiger partial charge on any atom is 0.229 e. The Hall–Kier alpha value is -3.17. The van der Waals surface area contributed by atoms with Crippen LogP contribution in [0.15, 0.2) is 59.5 Å². The van der Waals surface area contributed by atoms with Gasteiger partial charge in [0.15, 0.2) is 0 Å². The molecule has 48 heavy (non-hydrogen) atoms. The second-order valence-corrected chi connectivity index (χ2v) is 16.9. The zero-order valence-corrected chi connectivity index (χ0v) is 31.3. The minimum Gasteiger partial charge on any atom is -0.494 e. The van der Waals surface area contributed by atoms with E-state index in [1.807, 2.05) is 0 Å². The molecule has 0 radical (unpaired) electrons. The molecule has 7 rings (SSSR count). The Morgan fingerprint density at radius 1 is 0.896 bits per heavy atom. The fraction of sp³-hybridized carbons (Fsp3) is 0.459. The summed E-state index contributed by atoms with van der Waals surface area (Å²) in [6.45, 7) is 11.3. The number of halogens is 1. The number of nitrogens with one attached hydrogen (secondary N) is 2. The summed E-state index contributed by atoms with van der Waals surface area (Å²) < 4.78 is 8.93. The van der Waals surface area contributed by atoms with E-state index in [4.69, 9.17) is 9.72 Å². The van der Waals surface area contributed by atoms with Gasteiger partial charge in [-0.05, 0) is 103 Å². The molecule has 11 heteroatoms. The van der Waals surface area contributed by atoms with Crippen molar-refractivity contribution in [3.8, 4) is 16.9 Å². The first kappa shape index (κ1) is 33.3. The summed E-state index contributed by atoms with van der Waals surface area (Å²) in [6, 6.07) is 14.1. The SMILES string of the molecule is COc1cc(N2CCC(N3CCN(C)CC3)CC2)c(-c2ccn(C)c2)cc1Nc1ncc(Br)c(Nc2ccc(C3CC3)cc2P(C)C)n1. The molecule has 2 aromatic heterocycles. The number of methoxy groups -OCH3 is 1. The average Bonchev–Trinajstić information content (AvgIpc) is 3.86. The molecule has 2 saturated heterocycles. The normalized spacial score (nSPS) is 18.0. The third kappa shape index (κ3) is 7.37. The predicted molar refractivity (Wildman–Crippen MR) is 205 cm³/mol. The second kappa shape index (κ2) is 14.4. The molecule has 0 atom stereocenters. The highest BCUT2D eigenvalue weighted by molar-refractivity contribution is 9.10. The van der Waals surface area contributed by atoms with E-state index < -0.39 is 0 Å². The number of hydrogen-bond donors (Lipinski definition) is 2. The smallest absolute Gasteiger partial charge is 0.229 e. The van der Waals surface area contributed by atoms with E-state index in [-0.39, 0.29) is 7.92 Å². The largest absolute Gasteiger partial charge is 0.494 e. The lowest BCUT2D eigenvalue weighted by Crippen LogP contribution is -2.52. The van der Waals surface area contributed by atoms with Crippen LogP contribution in [0.25, 0.3) is 11.1 Å². The lowest BCUT2D eigenvalue weighted by atomic mass is 9.98. The van der Waals surface area contributed by atoms with Crippen molar-refractivity contribution in [2.75, 3.05) is 82.3 Å². The summed E-state index contributed by atoms with van der Waals surface area (Å²) in [7, 11) is 5.75. The first-order chi connectivity index (χ1) is 23.2. The molecule has 9 nitrogen and oxygen atoms in total. The van der Waals surface area contributed by atoms with Crippen LogP contribution in [0.5, 0.6) is 5.75 Å². The molecular weight excluding hydrogens is 683 g/mol. The van der Waals surface area contributed by atoms with Crippen LogP contribution < -0.4 is 25.6 Å². The summed E-state index contributed by atoms with van der Waals surface area (Å²) in [5.41, 5.74) is 6.95. The standard InChI is InChI=1S/C37H48BrN8OP/c1-43-16-18-45(19-17-43)28-11-14-46(15-12-28)33-22-34(47-3)32(21-29(33)27-10-13-44(2)24-27)41-37-39-23-30(38)36(42-37)40-31-9-8-26(25-6-7-25)20-35(31)48(4)5/h8-10,13,20-25,28H,6-7,11-12,14-19H2,1-5H3,(H2,39,40,41,42). The van der Waals surface area contributed by atoms with E-state index in [0.29, 0.717) is 12.0 Å². The summed E-state index contributed by atoms with van der Waals surface area (Å²) in [5.74, 6) is 2.73. The van der Waals surface area contributed by atoms with Crippen LogP contribution in [0.3, 0.4) is 0 Å². The Morgan fingerprint density at radius 2 is 1.67 bits per heavy atom. The van der Waals surface area contributed by atoms with E-state index in [9.17, 15) is 0 Å². The van der Waals surface area contributed by atoms with Gasteiger partial charge in [0.1, 0.15) is 11.6 Å². The summed E-state index contributed by atoms with van der Waals surface area (Å²) in [4.78, 5) is 17.3. The Kier molecular flexibility index (Phi) is 9.97. The number of piperidine rings is 1. The van der Waals surface area contributed by atoms with Gasteiger partial charge in [0, 0.05) is 99.5 Å². The van der Waals surface area contributed by atoms with E-state index in [1.54, 1.807) is 13.3 Å². The molecule has 2 N–H and O–H groups in total. The van der Waals surface area contributed by atoms with Crippen LogP contribution in [-0.2, 0) is 7.05 Å². The lowest BCUT2D eigenvalue weighted by molar-refractivity contribution is 0.0982. The zero-order chi connectivity index (χ0) is 33.4. The van der Waals surface area contributed by atoms with Gasteiger partial charge in [-0.15, -0.1) is 0 Å². The van der Waals surface area contributed by atoms with Gasteiger partial charge in [0.25, 0.3) is 0 Å². The van der Waals surface area contributed by atoms with E-state index in [0.717, 1.165) is 59.5 Å². The average molecular weight is 732 g/mol. The van der Waals surface area contributed by atoms with Crippen LogP contribution in [0, 0.1) is 0 Å². The van der Waals surface area contributed by atoms with Gasteiger partial charge in [0.2, 0.25) is 5.95 Å². The molecule has 2 aliphatic heterocycles. The van der Waals surface area contributed by atoms with Gasteiger partial charge < -0.3 is 29.7 Å². The second-order valence-electron chi connectivity index (χ2n) is 13.8. The zero-order valence-electron chi connectivity index (χ0n) is 28.8. The number of anilines is 5. The molecule has 1 saturated carbocycles. The van der Waals surface area contributed by atoms with E-state index in [2.05, 4.69) is 127 Å². The number of nitrogens with zero attached hydrogens (tertiary/aromatic N) is 6. The highest BCUT2D eigenvalue weighted by atomic mass is 79.9. The molecule has 254 valence electrons. The molecule has 0 amide bonds. The van der Waals surface area contributed by atoms with E-state index in [1.165, 1.54) is 66.5 Å². The summed E-state index contributed by atoms with van der Waals surface area (Å²) in [6.07, 6.45) is 11.0. The van der Waals surface area contributed by atoms with Crippen molar-refractivity contribution in [3.63, 3.8) is 0 Å². The maximum atomic E-state index is 6.01. The van der Waals surface area contributed by atoms with Crippen molar-refractivity contribution >= 4 is 58.0 Å². The molecular formula is C37H48BrN8OP. The van der Waals surface area contributed by atoms with Gasteiger partial charge in [-0.25, -0.2) is 4.98 Å². The molecule has 2 aromatic carbocycles. The van der Waals surface area contributed by atoms with Crippen LogP contribution in [0.1, 0.15) is 37.2 Å². The van der Waals surface area contributed by atoms with E-state index >= 15 is 0 Å². The first-order valence-electron chi connectivity index (χ1n) is 17.2. The van der Waals surface area contributed by atoms with Crippen molar-refractivity contribution in [2.45, 2.75) is 37.6 Å². The quantitative estimate of drug-likeness (QED) is 0.166. The van der Waals surface area contributed by atoms with Crippen molar-refractivity contribution in [2.24, 2.45) is 7.05 Å². The number of piperazine rings is 1. The predicted octanol–water partition coefficient (Wildman–Crippen LogP) is 7.20. The van der Waals surface area contributed by atoms with Crippen molar-refractivity contribution in [1.82, 2.24) is 24.3 Å². The van der Waals surface area contributed by atoms with Gasteiger partial charge in [0.05, 0.1) is 17.3 Å². The van der Waals surface area contributed by atoms with Crippen LogP contribution in [0.2, 0.25) is 0 Å². The van der Waals surface area contributed by atoms with Crippen molar-refractivity contribution < 1.29 is 4.74 Å². The minimum absolute atomic E-state index is 0.294. The Bertz CT molecular complexity index is 1740. The van der Waals surface area contributed by atoms with Gasteiger partial charge in [-0.2, -0.15) is 4.98 Å². The Labute approximate surface area is 295 Å². The number of hydrogen-bond acceptors (Lipinski definition) is 8. The Balaban J connectivity index is 1.15. The maximum absolute atomic E-state index is 6.01. The van der Waals surface area contributed by atoms with Crippen molar-refractivity contribution in [1.29, 1.82) is 0 Å². The third-order valence-corrected chi connectivity index (χ3v) is 12.0. The molecule has 0 unspecified atom stereocenters. The van der Waals surface area contributed by atoms with Gasteiger partial charge in [-0.3, -0.25) is 4.90 Å². The number of rotatable bonds is 10. The Morgan fingerprint density at radius 3 is 2.33 bits per heavy atom. The highest BCUT2D eigenvalue weighted by Gasteiger charge is 2.29. The molecule has 0 spiro atoms. The molecule has 4 heterocycles. The fourth-order valence-corrected chi connectivity index (χ4v) is 8.42. The molecule has 3 fully saturated rings. The number of ether oxygens (including phenoxy) is 1. The van der Waals surface area contributed by atoms with Gasteiger partial charge >= 0.3 is 0 Å². The number of aryl methyl sites for hydroxylation is 1. The topological polar surface area (TPSA) is 73.7 Å². The van der Waals surface area contributed by atoms with Crippen LogP contribution in [-0.4, -0.2) is 97.1 Å². The molecule has 4 aromatic rings. The lowest BCUT2D eigenvalue weighted by Gasteiger charge is -2.43. The number of aromatic nitrogens is 3. The van der Waals surface area contributed by atoms with Crippen LogP contribution >= 0.6 is 23.9 Å².